The van der Waals surface area contributed by atoms with Gasteiger partial charge in [0.15, 0.2) is 0 Å². The van der Waals surface area contributed by atoms with E-state index in [1.165, 1.54) is 43.2 Å². The predicted octanol–water partition coefficient (Wildman–Crippen LogP) is 4.84. The number of hydrogen-bond donors (Lipinski definition) is 2. The lowest BCUT2D eigenvalue weighted by Crippen LogP contribution is -2.56. The summed E-state index contributed by atoms with van der Waals surface area (Å²) in [6, 6.07) is 22.2. The van der Waals surface area contributed by atoms with Gasteiger partial charge in [0.25, 0.3) is 0 Å². The molecule has 2 atom stereocenters. The molecule has 0 aliphatic heterocycles. The molecule has 26 heavy (non-hydrogen) atoms. The molecule has 2 nitrogen and oxygen atoms in total. The number of nitrogens with two attached hydrogens (primary N) is 1. The van der Waals surface area contributed by atoms with Crippen molar-refractivity contribution in [1.29, 1.82) is 0 Å². The molecule has 4 bridgehead atoms. The minimum Gasteiger partial charge on any atom is -0.322 e. The molecule has 4 aliphatic rings. The fraction of sp³-hybridized carbons (Fsp3) is 0.500. The van der Waals surface area contributed by atoms with Crippen LogP contribution in [-0.2, 0) is 0 Å². The number of hydrogen-bond acceptors (Lipinski definition) is 2. The van der Waals surface area contributed by atoms with Crippen molar-refractivity contribution in [2.24, 2.45) is 29.4 Å². The van der Waals surface area contributed by atoms with Crippen LogP contribution in [0.2, 0.25) is 0 Å². The Bertz CT molecular complexity index is 698. The molecule has 0 aromatic heterocycles. The van der Waals surface area contributed by atoms with Crippen LogP contribution < -0.4 is 11.1 Å². The highest BCUT2D eigenvalue weighted by Gasteiger charge is 2.48. The Kier molecular flexibility index (Phi) is 4.34. The summed E-state index contributed by atoms with van der Waals surface area (Å²) in [6.07, 6.45) is 7.25. The van der Waals surface area contributed by atoms with Gasteiger partial charge in [-0.15, -0.1) is 0 Å². The Balaban J connectivity index is 1.43. The van der Waals surface area contributed by atoms with Gasteiger partial charge in [0.05, 0.1) is 6.04 Å². The fourth-order valence-electron chi connectivity index (χ4n) is 6.34. The van der Waals surface area contributed by atoms with Crippen molar-refractivity contribution in [3.63, 3.8) is 0 Å². The first-order chi connectivity index (χ1) is 12.8. The first-order valence-corrected chi connectivity index (χ1v) is 10.4. The highest BCUT2D eigenvalue weighted by molar-refractivity contribution is 5.27. The SMILES string of the molecule is N[C@H](c1ccccc1)C(NC1C2CC3CC(C2)CC1C3)c1ccccc1. The molecule has 0 saturated heterocycles. The van der Waals surface area contributed by atoms with Crippen LogP contribution in [0.1, 0.15) is 55.3 Å². The third-order valence-electron chi connectivity index (χ3n) is 7.30. The summed E-state index contributed by atoms with van der Waals surface area (Å²) in [5, 5.41) is 4.09. The van der Waals surface area contributed by atoms with Crippen LogP contribution in [0.4, 0.5) is 0 Å². The Morgan fingerprint density at radius 1 is 0.692 bits per heavy atom. The first kappa shape index (κ1) is 16.5. The molecular formula is C24H30N2. The van der Waals surface area contributed by atoms with Gasteiger partial charge in [-0.1, -0.05) is 60.7 Å². The molecule has 2 aromatic carbocycles. The minimum absolute atomic E-state index is 0.0178. The highest BCUT2D eigenvalue weighted by Crippen LogP contribution is 2.54. The average molecular weight is 347 g/mol. The summed E-state index contributed by atoms with van der Waals surface area (Å²) in [5.41, 5.74) is 9.35. The molecule has 0 heterocycles. The summed E-state index contributed by atoms with van der Waals surface area (Å²) in [5.74, 6) is 3.74. The van der Waals surface area contributed by atoms with Crippen molar-refractivity contribution in [3.8, 4) is 0 Å². The predicted molar refractivity (Wildman–Crippen MR) is 107 cm³/mol. The van der Waals surface area contributed by atoms with E-state index in [0.717, 1.165) is 23.7 Å². The lowest BCUT2D eigenvalue weighted by molar-refractivity contribution is -0.0189. The fourth-order valence-corrected chi connectivity index (χ4v) is 6.34. The van der Waals surface area contributed by atoms with Crippen molar-refractivity contribution >= 4 is 0 Å². The second-order valence-corrected chi connectivity index (χ2v) is 8.95. The van der Waals surface area contributed by atoms with E-state index >= 15 is 0 Å². The second-order valence-electron chi connectivity index (χ2n) is 8.95. The standard InChI is InChI=1S/C24H30N2/c25-22(18-7-3-1-4-8-18)24(19-9-5-2-6-10-19)26-23-20-12-16-11-17(14-20)15-21(23)13-16/h1-10,16-17,20-24,26H,11-15,25H2/t16?,17?,20?,21?,22-,23?,24?/m1/s1. The topological polar surface area (TPSA) is 38.0 Å². The molecule has 2 heteroatoms. The van der Waals surface area contributed by atoms with E-state index < -0.39 is 0 Å². The normalized spacial score (nSPS) is 34.6. The van der Waals surface area contributed by atoms with Crippen LogP contribution in [0, 0.1) is 23.7 Å². The first-order valence-electron chi connectivity index (χ1n) is 10.4. The maximum absolute atomic E-state index is 6.81. The molecule has 4 fully saturated rings. The number of nitrogens with one attached hydrogen (secondary N) is 1. The molecule has 4 saturated carbocycles. The van der Waals surface area contributed by atoms with Crippen LogP contribution in [0.25, 0.3) is 0 Å². The zero-order chi connectivity index (χ0) is 17.5. The molecule has 3 N–H and O–H groups in total. The second kappa shape index (κ2) is 6.83. The molecule has 1 unspecified atom stereocenters. The molecule has 6 rings (SSSR count). The summed E-state index contributed by atoms with van der Waals surface area (Å²) >= 11 is 0. The van der Waals surface area contributed by atoms with E-state index in [1.54, 1.807) is 0 Å². The zero-order valence-corrected chi connectivity index (χ0v) is 15.4. The van der Waals surface area contributed by atoms with E-state index in [2.05, 4.69) is 66.0 Å². The minimum atomic E-state index is -0.0178. The maximum Gasteiger partial charge on any atom is 0.0518 e. The van der Waals surface area contributed by atoms with E-state index in [4.69, 9.17) is 5.73 Å². The molecule has 0 radical (unpaired) electrons. The molecule has 0 amide bonds. The molecule has 2 aromatic rings. The van der Waals surface area contributed by atoms with Gasteiger partial charge in [-0.2, -0.15) is 0 Å². The average Bonchev–Trinajstić information content (AvgIpc) is 2.68. The van der Waals surface area contributed by atoms with Crippen LogP contribution in [0.15, 0.2) is 60.7 Å². The van der Waals surface area contributed by atoms with Crippen molar-refractivity contribution in [2.45, 2.75) is 50.2 Å². The quantitative estimate of drug-likeness (QED) is 0.813. The third-order valence-corrected chi connectivity index (χ3v) is 7.30. The van der Waals surface area contributed by atoms with Gasteiger partial charge in [0.1, 0.15) is 0 Å². The van der Waals surface area contributed by atoms with E-state index in [-0.39, 0.29) is 12.1 Å². The van der Waals surface area contributed by atoms with Crippen molar-refractivity contribution in [2.75, 3.05) is 0 Å². The van der Waals surface area contributed by atoms with E-state index in [9.17, 15) is 0 Å². The molecule has 4 aliphatic carbocycles. The zero-order valence-electron chi connectivity index (χ0n) is 15.4. The monoisotopic (exact) mass is 346 g/mol. The van der Waals surface area contributed by atoms with Crippen molar-refractivity contribution in [3.05, 3.63) is 71.8 Å². The molecule has 136 valence electrons. The smallest absolute Gasteiger partial charge is 0.0518 e. The van der Waals surface area contributed by atoms with Crippen LogP contribution >= 0.6 is 0 Å². The summed E-state index contributed by atoms with van der Waals surface area (Å²) < 4.78 is 0. The Labute approximate surface area is 157 Å². The van der Waals surface area contributed by atoms with Gasteiger partial charge in [0, 0.05) is 12.1 Å². The van der Waals surface area contributed by atoms with Gasteiger partial charge in [0.2, 0.25) is 0 Å². The van der Waals surface area contributed by atoms with Crippen LogP contribution in [0.5, 0.6) is 0 Å². The molecular weight excluding hydrogens is 316 g/mol. The molecule has 0 spiro atoms. The largest absolute Gasteiger partial charge is 0.322 e. The van der Waals surface area contributed by atoms with Crippen molar-refractivity contribution < 1.29 is 0 Å². The van der Waals surface area contributed by atoms with Gasteiger partial charge in [-0.25, -0.2) is 0 Å². The highest BCUT2D eigenvalue weighted by atomic mass is 15.0. The van der Waals surface area contributed by atoms with Gasteiger partial charge in [-0.05, 0) is 66.9 Å². The van der Waals surface area contributed by atoms with Crippen molar-refractivity contribution in [1.82, 2.24) is 5.32 Å². The van der Waals surface area contributed by atoms with E-state index in [0.29, 0.717) is 6.04 Å². The third kappa shape index (κ3) is 3.00. The summed E-state index contributed by atoms with van der Waals surface area (Å²) in [4.78, 5) is 0. The Hall–Kier alpha value is -1.64. The lowest BCUT2D eigenvalue weighted by atomic mass is 9.54. The Morgan fingerprint density at radius 3 is 1.73 bits per heavy atom. The summed E-state index contributed by atoms with van der Waals surface area (Å²) in [6.45, 7) is 0. The summed E-state index contributed by atoms with van der Waals surface area (Å²) in [7, 11) is 0. The number of rotatable bonds is 5. The van der Waals surface area contributed by atoms with Crippen LogP contribution in [0.3, 0.4) is 0 Å². The maximum atomic E-state index is 6.81. The number of benzene rings is 2. The van der Waals surface area contributed by atoms with Gasteiger partial charge >= 0.3 is 0 Å². The van der Waals surface area contributed by atoms with E-state index in [1.807, 2.05) is 0 Å². The lowest BCUT2D eigenvalue weighted by Gasteiger charge is -2.55. The van der Waals surface area contributed by atoms with Gasteiger partial charge in [-0.3, -0.25) is 0 Å². The van der Waals surface area contributed by atoms with Gasteiger partial charge < -0.3 is 11.1 Å². The van der Waals surface area contributed by atoms with Crippen LogP contribution in [-0.4, -0.2) is 6.04 Å². The Morgan fingerprint density at radius 2 is 1.19 bits per heavy atom.